The molecule has 31 heavy (non-hydrogen) atoms. The number of ether oxygens (including phenoxy) is 1. The highest BCUT2D eigenvalue weighted by Gasteiger charge is 2.22. The van der Waals surface area contributed by atoms with Gasteiger partial charge >= 0.3 is 0 Å². The molecule has 7 nitrogen and oxygen atoms in total. The average molecular weight is 463 g/mol. The molecule has 2 heterocycles. The maximum absolute atomic E-state index is 12.5. The average Bonchev–Trinajstić information content (AvgIpc) is 3.15. The van der Waals surface area contributed by atoms with E-state index in [0.29, 0.717) is 50.0 Å². The third-order valence-corrected chi connectivity index (χ3v) is 6.50. The van der Waals surface area contributed by atoms with Crippen molar-refractivity contribution in [2.24, 2.45) is 0 Å². The molecule has 1 fully saturated rings. The number of amides is 2. The van der Waals surface area contributed by atoms with Crippen molar-refractivity contribution in [3.05, 3.63) is 18.2 Å². The molecule has 0 atom stereocenters. The Balaban J connectivity index is 1.39. The number of hydrogen-bond donors (Lipinski definition) is 1. The van der Waals surface area contributed by atoms with Gasteiger partial charge < -0.3 is 15.0 Å². The summed E-state index contributed by atoms with van der Waals surface area (Å²) in [6.45, 7) is 5.02. The van der Waals surface area contributed by atoms with Gasteiger partial charge in [-0.3, -0.25) is 14.5 Å². The van der Waals surface area contributed by atoms with Crippen molar-refractivity contribution in [3.8, 4) is 5.75 Å². The van der Waals surface area contributed by atoms with E-state index in [2.05, 4.69) is 15.2 Å². The van der Waals surface area contributed by atoms with Gasteiger partial charge in [0.25, 0.3) is 0 Å². The number of benzene rings is 1. The van der Waals surface area contributed by atoms with Gasteiger partial charge in [-0.2, -0.15) is 0 Å². The fourth-order valence-corrected chi connectivity index (χ4v) is 4.69. The monoisotopic (exact) mass is 462 g/mol. The lowest BCUT2D eigenvalue weighted by molar-refractivity contribution is -0.133. The number of nitrogens with one attached hydrogen (secondary N) is 1. The van der Waals surface area contributed by atoms with E-state index in [1.165, 1.54) is 11.3 Å². The van der Waals surface area contributed by atoms with Crippen LogP contribution in [0, 0.1) is 0 Å². The first kappa shape index (κ1) is 23.6. The van der Waals surface area contributed by atoms with E-state index in [1.54, 1.807) is 7.11 Å². The van der Waals surface area contributed by atoms with Crippen molar-refractivity contribution in [3.63, 3.8) is 0 Å². The zero-order valence-corrected chi connectivity index (χ0v) is 19.8. The Kier molecular flexibility index (Phi) is 8.74. The largest absolute Gasteiger partial charge is 0.494 e. The number of nitrogens with zero attached hydrogens (tertiary/aromatic N) is 3. The molecule has 2 aromatic rings. The SMILES string of the molecule is COc1cccc2sc(NC(=O)CN3CCN(C(=O)CCCCCC(C)=S)CC3)nc12. The topological polar surface area (TPSA) is 74.8 Å². The number of hydrogen-bond acceptors (Lipinski definition) is 7. The van der Waals surface area contributed by atoms with Gasteiger partial charge in [0.2, 0.25) is 11.8 Å². The molecule has 168 valence electrons. The highest BCUT2D eigenvalue weighted by Crippen LogP contribution is 2.32. The molecule has 2 amide bonds. The van der Waals surface area contributed by atoms with Gasteiger partial charge in [-0.05, 0) is 43.2 Å². The fourth-order valence-electron chi connectivity index (χ4n) is 3.64. The van der Waals surface area contributed by atoms with Crippen LogP contribution in [0.25, 0.3) is 10.2 Å². The summed E-state index contributed by atoms with van der Waals surface area (Å²) in [6, 6.07) is 5.72. The Morgan fingerprint density at radius 3 is 2.61 bits per heavy atom. The van der Waals surface area contributed by atoms with Gasteiger partial charge in [0, 0.05) is 32.6 Å². The number of rotatable bonds is 10. The minimum absolute atomic E-state index is 0.0911. The molecule has 1 N–H and O–H groups in total. The van der Waals surface area contributed by atoms with E-state index in [4.69, 9.17) is 17.0 Å². The first-order valence-corrected chi connectivity index (χ1v) is 11.9. The number of carbonyl (C=O) groups is 2. The molecule has 3 rings (SSSR count). The summed E-state index contributed by atoms with van der Waals surface area (Å²) in [6.07, 6.45) is 4.58. The molecule has 0 aliphatic carbocycles. The molecule has 1 aliphatic heterocycles. The summed E-state index contributed by atoms with van der Waals surface area (Å²) in [5.74, 6) is 0.821. The second-order valence-electron chi connectivity index (χ2n) is 7.79. The van der Waals surface area contributed by atoms with Crippen molar-refractivity contribution < 1.29 is 14.3 Å². The number of unbranched alkanes of at least 4 members (excludes halogenated alkanes) is 2. The van der Waals surface area contributed by atoms with Crippen LogP contribution in [0.15, 0.2) is 18.2 Å². The molecule has 1 aromatic heterocycles. The number of carbonyl (C=O) groups excluding carboxylic acids is 2. The summed E-state index contributed by atoms with van der Waals surface area (Å²) in [4.78, 5) is 34.4. The predicted molar refractivity (Wildman–Crippen MR) is 129 cm³/mol. The first-order chi connectivity index (χ1) is 15.0. The lowest BCUT2D eigenvalue weighted by Gasteiger charge is -2.34. The Labute approximate surface area is 192 Å². The van der Waals surface area contributed by atoms with Crippen LogP contribution in [0.2, 0.25) is 0 Å². The maximum atomic E-state index is 12.5. The molecule has 0 spiro atoms. The standard InChI is InChI=1S/C22H30N4O3S2/c1-16(30)7-4-3-5-10-20(28)26-13-11-25(12-14-26)15-19(27)23-22-24-21-17(29-2)8-6-9-18(21)31-22/h6,8-9H,3-5,7,10-15H2,1-2H3,(H,23,24,27). The number of fused-ring (bicyclic) bond motifs is 1. The fraction of sp³-hybridized carbons (Fsp3) is 0.545. The molecule has 0 radical (unpaired) electrons. The summed E-state index contributed by atoms with van der Waals surface area (Å²) in [5, 5.41) is 3.46. The Bertz CT molecular complexity index is 923. The zero-order valence-electron chi connectivity index (χ0n) is 18.2. The highest BCUT2D eigenvalue weighted by atomic mass is 32.1. The minimum atomic E-state index is -0.0911. The lowest BCUT2D eigenvalue weighted by Crippen LogP contribution is -2.50. The normalized spacial score (nSPS) is 14.6. The van der Waals surface area contributed by atoms with E-state index >= 15 is 0 Å². The van der Waals surface area contributed by atoms with Gasteiger partial charge in [-0.15, -0.1) is 0 Å². The van der Waals surface area contributed by atoms with Crippen molar-refractivity contribution >= 4 is 55.6 Å². The summed E-state index contributed by atoms with van der Waals surface area (Å²) in [5.41, 5.74) is 0.759. The van der Waals surface area contributed by atoms with Gasteiger partial charge in [0.05, 0.1) is 18.4 Å². The summed E-state index contributed by atoms with van der Waals surface area (Å²) in [7, 11) is 1.61. The van der Waals surface area contributed by atoms with Crippen LogP contribution in [-0.2, 0) is 9.59 Å². The number of methoxy groups -OCH3 is 1. The van der Waals surface area contributed by atoms with Gasteiger partial charge in [-0.25, -0.2) is 4.98 Å². The Morgan fingerprint density at radius 1 is 1.16 bits per heavy atom. The number of para-hydroxylation sites is 1. The van der Waals surface area contributed by atoms with Crippen LogP contribution in [0.4, 0.5) is 5.13 Å². The molecule has 0 bridgehead atoms. The molecule has 1 aliphatic rings. The van der Waals surface area contributed by atoms with E-state index in [1.807, 2.05) is 30.0 Å². The number of thiocarbonyl (C=S) groups is 1. The molecular formula is C22H30N4O3S2. The summed E-state index contributed by atoms with van der Waals surface area (Å²) >= 11 is 6.52. The molecule has 0 saturated carbocycles. The molecule has 1 aromatic carbocycles. The van der Waals surface area contributed by atoms with Gasteiger partial charge in [-0.1, -0.05) is 36.0 Å². The molecular weight excluding hydrogens is 432 g/mol. The number of piperazine rings is 1. The number of thiazole rings is 1. The van der Waals surface area contributed by atoms with Crippen LogP contribution >= 0.6 is 23.6 Å². The molecule has 0 unspecified atom stereocenters. The Hall–Kier alpha value is -2.10. The van der Waals surface area contributed by atoms with E-state index in [-0.39, 0.29) is 11.8 Å². The van der Waals surface area contributed by atoms with Crippen molar-refractivity contribution in [2.75, 3.05) is 45.2 Å². The van der Waals surface area contributed by atoms with Crippen LogP contribution in [0.3, 0.4) is 0 Å². The van der Waals surface area contributed by atoms with Crippen molar-refractivity contribution in [1.29, 1.82) is 0 Å². The second kappa shape index (κ2) is 11.5. The van der Waals surface area contributed by atoms with Crippen LogP contribution < -0.4 is 10.1 Å². The highest BCUT2D eigenvalue weighted by molar-refractivity contribution is 7.80. The smallest absolute Gasteiger partial charge is 0.240 e. The van der Waals surface area contributed by atoms with Crippen LogP contribution in [-0.4, -0.2) is 71.3 Å². The van der Waals surface area contributed by atoms with E-state index in [0.717, 1.165) is 40.8 Å². The third kappa shape index (κ3) is 6.95. The second-order valence-corrected chi connectivity index (χ2v) is 9.52. The minimum Gasteiger partial charge on any atom is -0.494 e. The predicted octanol–water partition coefficient (Wildman–Crippen LogP) is 3.73. The van der Waals surface area contributed by atoms with E-state index < -0.39 is 0 Å². The zero-order chi connectivity index (χ0) is 22.2. The van der Waals surface area contributed by atoms with Gasteiger partial charge in [0.15, 0.2) is 5.13 Å². The molecule has 1 saturated heterocycles. The lowest BCUT2D eigenvalue weighted by atomic mass is 10.1. The van der Waals surface area contributed by atoms with Crippen molar-refractivity contribution in [2.45, 2.75) is 39.0 Å². The summed E-state index contributed by atoms with van der Waals surface area (Å²) < 4.78 is 6.30. The maximum Gasteiger partial charge on any atom is 0.240 e. The van der Waals surface area contributed by atoms with Gasteiger partial charge in [0.1, 0.15) is 11.3 Å². The van der Waals surface area contributed by atoms with Crippen molar-refractivity contribution in [1.82, 2.24) is 14.8 Å². The Morgan fingerprint density at radius 2 is 1.90 bits per heavy atom. The quantitative estimate of drug-likeness (QED) is 0.428. The first-order valence-electron chi connectivity index (χ1n) is 10.7. The van der Waals surface area contributed by atoms with Crippen LogP contribution in [0.5, 0.6) is 5.75 Å². The van der Waals surface area contributed by atoms with Crippen LogP contribution in [0.1, 0.15) is 39.0 Å². The third-order valence-electron chi connectivity index (χ3n) is 5.36. The van der Waals surface area contributed by atoms with E-state index in [9.17, 15) is 9.59 Å². The molecule has 9 heteroatoms. The number of anilines is 1. The number of aromatic nitrogens is 1.